The summed E-state index contributed by atoms with van der Waals surface area (Å²) in [5, 5.41) is 11.9. The lowest BCUT2D eigenvalue weighted by atomic mass is 9.90. The molecule has 1 atom stereocenters. The minimum absolute atomic E-state index is 0.0110. The molecule has 0 fully saturated rings. The van der Waals surface area contributed by atoms with Gasteiger partial charge >= 0.3 is 0 Å². The molecule has 0 bridgehead atoms. The summed E-state index contributed by atoms with van der Waals surface area (Å²) >= 11 is 0. The molecular formula is C28H28N2O6. The molecule has 0 saturated carbocycles. The van der Waals surface area contributed by atoms with Gasteiger partial charge in [0.1, 0.15) is 18.1 Å². The average Bonchev–Trinajstić information content (AvgIpc) is 3.27. The molecule has 3 heterocycles. The van der Waals surface area contributed by atoms with Crippen LogP contribution in [0.5, 0.6) is 11.5 Å². The Morgan fingerprint density at radius 1 is 1.17 bits per heavy atom. The third-order valence-electron chi connectivity index (χ3n) is 6.73. The fourth-order valence-corrected chi connectivity index (χ4v) is 5.01. The van der Waals surface area contributed by atoms with Crippen molar-refractivity contribution >= 4 is 16.8 Å². The number of aromatic amines is 1. The number of carbonyl (C=O) groups is 1. The zero-order valence-electron chi connectivity index (χ0n) is 20.2. The SMILES string of the molecule is COCc1cc(=O)c(O)c([C@H](CC(=O)N2CCc3c([nH]c4ccccc34)C2)c2ccccc2OC)o1. The molecule has 0 unspecified atom stereocenters. The highest BCUT2D eigenvalue weighted by molar-refractivity contribution is 5.86. The van der Waals surface area contributed by atoms with Gasteiger partial charge in [-0.25, -0.2) is 0 Å². The lowest BCUT2D eigenvalue weighted by Gasteiger charge is -2.29. The molecule has 1 amide bonds. The number of fused-ring (bicyclic) bond motifs is 3. The van der Waals surface area contributed by atoms with Gasteiger partial charge in [-0.15, -0.1) is 0 Å². The first kappa shape index (κ1) is 23.7. The molecule has 1 aliphatic rings. The number of hydrogen-bond acceptors (Lipinski definition) is 6. The van der Waals surface area contributed by atoms with Crippen LogP contribution < -0.4 is 10.2 Å². The number of carbonyl (C=O) groups excluding carboxylic acids is 1. The summed E-state index contributed by atoms with van der Waals surface area (Å²) in [6.07, 6.45) is 0.733. The molecule has 8 nitrogen and oxygen atoms in total. The van der Waals surface area contributed by atoms with E-state index in [0.717, 1.165) is 17.6 Å². The van der Waals surface area contributed by atoms with Gasteiger partial charge in [-0.05, 0) is 24.1 Å². The molecule has 2 aromatic carbocycles. The molecule has 8 heteroatoms. The van der Waals surface area contributed by atoms with Crippen LogP contribution in [0.1, 0.15) is 40.7 Å². The van der Waals surface area contributed by atoms with E-state index in [1.165, 1.54) is 31.2 Å². The van der Waals surface area contributed by atoms with Gasteiger partial charge in [0.25, 0.3) is 0 Å². The first-order chi connectivity index (χ1) is 17.5. The van der Waals surface area contributed by atoms with Gasteiger partial charge < -0.3 is 28.9 Å². The summed E-state index contributed by atoms with van der Waals surface area (Å²) < 4.78 is 16.6. The number of benzene rings is 2. The molecule has 186 valence electrons. The third kappa shape index (κ3) is 4.35. The van der Waals surface area contributed by atoms with Crippen LogP contribution in [-0.2, 0) is 29.1 Å². The zero-order chi connectivity index (χ0) is 25.2. The Kier molecular flexibility index (Phi) is 6.52. The molecule has 0 spiro atoms. The third-order valence-corrected chi connectivity index (χ3v) is 6.73. The van der Waals surface area contributed by atoms with Gasteiger partial charge in [-0.2, -0.15) is 0 Å². The number of nitrogens with zero attached hydrogens (tertiary/aromatic N) is 1. The predicted octanol–water partition coefficient (Wildman–Crippen LogP) is 4.09. The van der Waals surface area contributed by atoms with Gasteiger partial charge in [0.15, 0.2) is 5.76 Å². The molecular weight excluding hydrogens is 460 g/mol. The first-order valence-electron chi connectivity index (χ1n) is 11.8. The fourth-order valence-electron chi connectivity index (χ4n) is 5.01. The minimum Gasteiger partial charge on any atom is -0.502 e. The van der Waals surface area contributed by atoms with Crippen molar-refractivity contribution < 1.29 is 23.8 Å². The smallest absolute Gasteiger partial charge is 0.227 e. The maximum Gasteiger partial charge on any atom is 0.227 e. The molecule has 5 rings (SSSR count). The lowest BCUT2D eigenvalue weighted by molar-refractivity contribution is -0.132. The van der Waals surface area contributed by atoms with E-state index in [9.17, 15) is 14.7 Å². The standard InChI is InChI=1S/C28H28N2O6/c1-34-16-17-13-24(31)27(33)28(36-17)21(20-8-4-6-10-25(20)35-2)14-26(32)30-12-11-19-18-7-3-5-9-22(18)29-23(19)15-30/h3-10,13,21,29,33H,11-12,14-16H2,1-2H3/t21-/m1/s1. The van der Waals surface area contributed by atoms with Crippen LogP contribution in [0.3, 0.4) is 0 Å². The number of methoxy groups -OCH3 is 2. The highest BCUT2D eigenvalue weighted by Crippen LogP contribution is 2.38. The summed E-state index contributed by atoms with van der Waals surface area (Å²) in [7, 11) is 3.03. The maximum absolute atomic E-state index is 13.6. The van der Waals surface area contributed by atoms with Crippen molar-refractivity contribution in [2.24, 2.45) is 0 Å². The van der Waals surface area contributed by atoms with E-state index in [1.807, 2.05) is 36.4 Å². The number of aromatic hydroxyl groups is 1. The Morgan fingerprint density at radius 2 is 1.94 bits per heavy atom. The number of rotatable bonds is 7. The van der Waals surface area contributed by atoms with E-state index in [1.54, 1.807) is 11.0 Å². The normalized spacial score (nSPS) is 14.0. The second-order valence-electron chi connectivity index (χ2n) is 8.91. The van der Waals surface area contributed by atoms with E-state index in [-0.39, 0.29) is 30.5 Å². The second-order valence-corrected chi connectivity index (χ2v) is 8.91. The van der Waals surface area contributed by atoms with E-state index in [2.05, 4.69) is 11.1 Å². The highest BCUT2D eigenvalue weighted by Gasteiger charge is 2.31. The molecule has 36 heavy (non-hydrogen) atoms. The predicted molar refractivity (Wildman–Crippen MR) is 134 cm³/mol. The van der Waals surface area contributed by atoms with Crippen LogP contribution in [0, 0.1) is 0 Å². The van der Waals surface area contributed by atoms with Crippen molar-refractivity contribution in [3.05, 3.63) is 93.2 Å². The van der Waals surface area contributed by atoms with Crippen molar-refractivity contribution in [2.75, 3.05) is 20.8 Å². The maximum atomic E-state index is 13.6. The fraction of sp³-hybridized carbons (Fsp3) is 0.286. The van der Waals surface area contributed by atoms with Crippen molar-refractivity contribution in [3.63, 3.8) is 0 Å². The summed E-state index contributed by atoms with van der Waals surface area (Å²) in [6, 6.07) is 16.6. The molecule has 2 aromatic heterocycles. The van der Waals surface area contributed by atoms with Crippen LogP contribution >= 0.6 is 0 Å². The summed E-state index contributed by atoms with van der Waals surface area (Å²) in [6.45, 7) is 1.09. The van der Waals surface area contributed by atoms with Crippen LogP contribution in [0.25, 0.3) is 10.9 Å². The van der Waals surface area contributed by atoms with E-state index >= 15 is 0 Å². The Morgan fingerprint density at radius 3 is 2.75 bits per heavy atom. The van der Waals surface area contributed by atoms with Crippen molar-refractivity contribution in [1.82, 2.24) is 9.88 Å². The largest absolute Gasteiger partial charge is 0.502 e. The number of ether oxygens (including phenoxy) is 2. The number of para-hydroxylation sites is 2. The van der Waals surface area contributed by atoms with E-state index in [0.29, 0.717) is 24.4 Å². The molecule has 2 N–H and O–H groups in total. The molecule has 4 aromatic rings. The zero-order valence-corrected chi connectivity index (χ0v) is 20.2. The van der Waals surface area contributed by atoms with Crippen LogP contribution in [0.2, 0.25) is 0 Å². The van der Waals surface area contributed by atoms with Gasteiger partial charge in [0.05, 0.1) is 19.6 Å². The van der Waals surface area contributed by atoms with E-state index < -0.39 is 17.1 Å². The monoisotopic (exact) mass is 488 g/mol. The quantitative estimate of drug-likeness (QED) is 0.406. The van der Waals surface area contributed by atoms with Gasteiger partial charge in [0, 0.05) is 48.3 Å². The first-order valence-corrected chi connectivity index (χ1v) is 11.8. The van der Waals surface area contributed by atoms with Gasteiger partial charge in [-0.1, -0.05) is 36.4 Å². The Labute approximate surface area is 208 Å². The van der Waals surface area contributed by atoms with Crippen molar-refractivity contribution in [3.8, 4) is 11.5 Å². The number of nitrogens with one attached hydrogen (secondary N) is 1. The molecule has 1 aliphatic heterocycles. The highest BCUT2D eigenvalue weighted by atomic mass is 16.5. The van der Waals surface area contributed by atoms with Crippen molar-refractivity contribution in [2.45, 2.75) is 31.9 Å². The molecule has 0 saturated heterocycles. The van der Waals surface area contributed by atoms with Crippen LogP contribution in [-0.4, -0.2) is 41.7 Å². The second kappa shape index (κ2) is 9.91. The van der Waals surface area contributed by atoms with Gasteiger partial charge in [-0.3, -0.25) is 9.59 Å². The summed E-state index contributed by atoms with van der Waals surface area (Å²) in [5.74, 6) is -0.545. The summed E-state index contributed by atoms with van der Waals surface area (Å²) in [4.78, 5) is 31.4. The Balaban J connectivity index is 1.50. The van der Waals surface area contributed by atoms with Crippen LogP contribution in [0.4, 0.5) is 0 Å². The number of H-pyrrole nitrogens is 1. The number of amides is 1. The Bertz CT molecular complexity index is 1470. The minimum atomic E-state index is -0.734. The Hall–Kier alpha value is -4.04. The number of aromatic nitrogens is 1. The summed E-state index contributed by atoms with van der Waals surface area (Å²) in [5.41, 5.74) is 3.39. The molecule has 0 aliphatic carbocycles. The molecule has 0 radical (unpaired) electrons. The lowest BCUT2D eigenvalue weighted by Crippen LogP contribution is -2.36. The van der Waals surface area contributed by atoms with E-state index in [4.69, 9.17) is 13.9 Å². The van der Waals surface area contributed by atoms with Crippen LogP contribution in [0.15, 0.2) is 63.8 Å². The van der Waals surface area contributed by atoms with Crippen molar-refractivity contribution in [1.29, 1.82) is 0 Å². The topological polar surface area (TPSA) is 105 Å². The van der Waals surface area contributed by atoms with Gasteiger partial charge in [0.2, 0.25) is 17.1 Å². The number of hydrogen-bond donors (Lipinski definition) is 2. The average molecular weight is 489 g/mol.